The zero-order valence-corrected chi connectivity index (χ0v) is 40.4. The Bertz CT molecular complexity index is 3030. The van der Waals surface area contributed by atoms with Crippen molar-refractivity contribution in [2.75, 3.05) is 0 Å². The van der Waals surface area contributed by atoms with Crippen molar-refractivity contribution in [2.45, 2.75) is 102 Å². The minimum Gasteiger partial charge on any atom is -0.507 e. The smallest absolute Gasteiger partial charge is 0.507 e. The molecule has 0 saturated carbocycles. The van der Waals surface area contributed by atoms with E-state index in [1.807, 2.05) is 0 Å². The zero-order valence-electron chi connectivity index (χ0n) is 38.8. The van der Waals surface area contributed by atoms with Gasteiger partial charge in [0.15, 0.2) is 0 Å². The second-order valence-corrected chi connectivity index (χ2v) is 22.5. The molecule has 0 aliphatic heterocycles. The highest BCUT2D eigenvalue weighted by Crippen LogP contribution is 2.44. The molecule has 6 aromatic carbocycles. The molecule has 0 heterocycles. The maximum Gasteiger partial charge on any atom is 0.534 e. The molecule has 0 unspecified atom stereocenters. The van der Waals surface area contributed by atoms with E-state index in [2.05, 4.69) is 0 Å². The topological polar surface area (TPSA) is 168 Å². The molecule has 0 fully saturated rings. The van der Waals surface area contributed by atoms with Crippen LogP contribution < -0.4 is 8.37 Å². The number of hydrogen-bond donors (Lipinski definition) is 4. The second kappa shape index (κ2) is 18.4. The van der Waals surface area contributed by atoms with Gasteiger partial charge in [0.25, 0.3) is 0 Å². The van der Waals surface area contributed by atoms with E-state index >= 15 is 0 Å². The first-order valence-electron chi connectivity index (χ1n) is 21.9. The van der Waals surface area contributed by atoms with Crippen LogP contribution in [0.4, 0.5) is 26.3 Å². The van der Waals surface area contributed by atoms with Crippen molar-refractivity contribution in [3.05, 3.63) is 175 Å². The lowest BCUT2D eigenvalue weighted by molar-refractivity contribution is -0.0505. The first kappa shape index (κ1) is 51.5. The van der Waals surface area contributed by atoms with Crippen molar-refractivity contribution >= 4 is 20.2 Å². The van der Waals surface area contributed by atoms with E-state index in [1.165, 1.54) is 54.6 Å². The van der Waals surface area contributed by atoms with Gasteiger partial charge in [-0.3, -0.25) is 0 Å². The fraction of sp³-hybridized carbons (Fsp3) is 0.308. The van der Waals surface area contributed by atoms with Gasteiger partial charge in [-0.25, -0.2) is 0 Å². The normalized spacial score (nSPS) is 14.1. The fourth-order valence-electron chi connectivity index (χ4n) is 8.38. The first-order chi connectivity index (χ1) is 32.3. The Hall–Kier alpha value is -6.40. The molecule has 1 aliphatic rings. The van der Waals surface area contributed by atoms with Crippen molar-refractivity contribution in [1.29, 1.82) is 0 Å². The monoisotopic (exact) mass is 1010 g/mol. The van der Waals surface area contributed by atoms with Crippen LogP contribution in [0.3, 0.4) is 0 Å². The summed E-state index contributed by atoms with van der Waals surface area (Å²) in [5.74, 6) is -2.78. The Balaban J connectivity index is 1.54. The average molecular weight is 1010 g/mol. The number of halogens is 6. The van der Waals surface area contributed by atoms with E-state index in [-0.39, 0.29) is 98.6 Å². The van der Waals surface area contributed by atoms with Crippen LogP contribution in [0, 0.1) is 0 Å². The summed E-state index contributed by atoms with van der Waals surface area (Å²) in [4.78, 5) is 0. The third kappa shape index (κ3) is 10.7. The van der Waals surface area contributed by atoms with E-state index in [1.54, 1.807) is 84.0 Å². The number of para-hydroxylation sites is 4. The Morgan fingerprint density at radius 1 is 0.371 bits per heavy atom. The van der Waals surface area contributed by atoms with E-state index in [9.17, 15) is 63.6 Å². The third-order valence-electron chi connectivity index (χ3n) is 12.3. The van der Waals surface area contributed by atoms with Gasteiger partial charge in [-0.15, -0.1) is 0 Å². The number of rotatable bonds is 4. The SMILES string of the molecule is CC(C)(C)c1cc2c(OS(=O)(=O)C(F)(F)F)c(c1)Cc1cccc(c1O)Cc1cc(C(C)(C)C)cc(c1OS(=O)(=O)C(F)(F)F)Cc1cccc(c1O)Cc1cccc(c1O)Cc1cccc(c1O)C2. The van der Waals surface area contributed by atoms with Crippen molar-refractivity contribution in [1.82, 2.24) is 0 Å². The fourth-order valence-corrected chi connectivity index (χ4v) is 9.43. The van der Waals surface area contributed by atoms with E-state index in [4.69, 9.17) is 8.37 Å². The molecule has 12 bridgehead atoms. The molecule has 6 aromatic rings. The molecule has 0 amide bonds. The van der Waals surface area contributed by atoms with Crippen LogP contribution in [-0.2, 0) is 69.6 Å². The standard InChI is InChI=1S/C52H50F6O10S2/c1-49(2,3)41-25-37-21-33-15-8-13-31(44(33)60)19-29-11-7-12-30(43(29)59)20-32-14-9-16-34(45(32)61)22-38-26-42(50(4,5)6)28-40(48(38)68-70(65,66)52(56,57)58)24-36-18-10-17-35(46(36)62)23-39(27-41)47(37)67-69(63,64)51(53,54)55/h7-18,25-28,59-62H,19-24H2,1-6H3. The zero-order chi connectivity index (χ0) is 51.5. The van der Waals surface area contributed by atoms with Gasteiger partial charge >= 0.3 is 31.3 Å². The largest absolute Gasteiger partial charge is 0.534 e. The van der Waals surface area contributed by atoms with Gasteiger partial charge in [-0.2, -0.15) is 43.2 Å². The number of phenolic OH excluding ortho intramolecular Hbond substituents is 4. The lowest BCUT2D eigenvalue weighted by atomic mass is 9.82. The molecule has 0 saturated heterocycles. The molecule has 0 spiro atoms. The molecule has 0 atom stereocenters. The van der Waals surface area contributed by atoms with Crippen LogP contribution >= 0.6 is 0 Å². The quantitative estimate of drug-likeness (QED) is 0.0757. The van der Waals surface area contributed by atoms with Crippen LogP contribution in [0.1, 0.15) is 119 Å². The maximum absolute atomic E-state index is 14.2. The molecule has 7 rings (SSSR count). The predicted molar refractivity (Wildman–Crippen MR) is 251 cm³/mol. The Morgan fingerprint density at radius 3 is 0.729 bits per heavy atom. The molecule has 10 nitrogen and oxygen atoms in total. The van der Waals surface area contributed by atoms with Crippen molar-refractivity contribution in [3.63, 3.8) is 0 Å². The molecule has 372 valence electrons. The van der Waals surface area contributed by atoms with E-state index in [0.717, 1.165) is 0 Å². The minimum atomic E-state index is -6.34. The van der Waals surface area contributed by atoms with Gasteiger partial charge in [0.05, 0.1) is 0 Å². The molecule has 0 aromatic heterocycles. The van der Waals surface area contributed by atoms with Crippen LogP contribution in [-0.4, -0.2) is 48.3 Å². The molecule has 18 heteroatoms. The molecular weight excluding hydrogens is 963 g/mol. The summed E-state index contributed by atoms with van der Waals surface area (Å²) in [5.41, 5.74) is -11.1. The summed E-state index contributed by atoms with van der Waals surface area (Å²) in [7, 11) is -12.7. The molecule has 0 radical (unpaired) electrons. The second-order valence-electron chi connectivity index (χ2n) is 19.5. The van der Waals surface area contributed by atoms with Crippen molar-refractivity contribution in [2.24, 2.45) is 0 Å². The molecule has 1 aliphatic carbocycles. The first-order valence-corrected chi connectivity index (χ1v) is 24.7. The summed E-state index contributed by atoms with van der Waals surface area (Å²) in [6.45, 7) is 10.8. The number of fused-ring (bicyclic) bond motifs is 12. The lowest BCUT2D eigenvalue weighted by Gasteiger charge is -2.25. The van der Waals surface area contributed by atoms with Crippen LogP contribution in [0.25, 0.3) is 0 Å². The highest BCUT2D eigenvalue weighted by molar-refractivity contribution is 7.88. The predicted octanol–water partition coefficient (Wildman–Crippen LogP) is 11.4. The van der Waals surface area contributed by atoms with Gasteiger partial charge in [-0.1, -0.05) is 139 Å². The van der Waals surface area contributed by atoms with Gasteiger partial charge in [0.1, 0.15) is 34.5 Å². The van der Waals surface area contributed by atoms with Crippen molar-refractivity contribution in [3.8, 4) is 34.5 Å². The van der Waals surface area contributed by atoms with Crippen molar-refractivity contribution < 1.29 is 72.0 Å². The Labute approximate surface area is 402 Å². The number of hydrogen-bond acceptors (Lipinski definition) is 10. The Kier molecular flexibility index (Phi) is 13.5. The minimum absolute atomic E-state index is 0.00410. The highest BCUT2D eigenvalue weighted by atomic mass is 32.2. The lowest BCUT2D eigenvalue weighted by Crippen LogP contribution is -2.29. The van der Waals surface area contributed by atoms with Crippen LogP contribution in [0.5, 0.6) is 34.5 Å². The van der Waals surface area contributed by atoms with Gasteiger partial charge < -0.3 is 28.8 Å². The number of benzene rings is 6. The van der Waals surface area contributed by atoms with Gasteiger partial charge in [0.2, 0.25) is 0 Å². The summed E-state index contributed by atoms with van der Waals surface area (Å²) in [6, 6.07) is 24.2. The summed E-state index contributed by atoms with van der Waals surface area (Å²) in [6.07, 6.45) is -1.84. The summed E-state index contributed by atoms with van der Waals surface area (Å²) < 4.78 is 146. The number of alkyl halides is 6. The molecule has 70 heavy (non-hydrogen) atoms. The van der Waals surface area contributed by atoms with Crippen LogP contribution in [0.2, 0.25) is 0 Å². The van der Waals surface area contributed by atoms with Gasteiger partial charge in [-0.05, 0) is 66.5 Å². The third-order valence-corrected chi connectivity index (χ3v) is 14.2. The summed E-state index contributed by atoms with van der Waals surface area (Å²) in [5, 5.41) is 47.2. The van der Waals surface area contributed by atoms with Gasteiger partial charge in [0, 0.05) is 60.8 Å². The highest BCUT2D eigenvalue weighted by Gasteiger charge is 2.50. The Morgan fingerprint density at radius 2 is 0.557 bits per heavy atom. The molecule has 4 N–H and O–H groups in total. The van der Waals surface area contributed by atoms with E-state index in [0.29, 0.717) is 22.3 Å². The number of phenols is 4. The van der Waals surface area contributed by atoms with E-state index < -0.39 is 72.2 Å². The number of aromatic hydroxyl groups is 4. The molecular formula is C52H50F6O10S2. The average Bonchev–Trinajstić information content (AvgIpc) is 3.23. The summed E-state index contributed by atoms with van der Waals surface area (Å²) >= 11 is 0. The maximum atomic E-state index is 14.2. The van der Waals surface area contributed by atoms with Crippen LogP contribution in [0.15, 0.2) is 97.1 Å².